The van der Waals surface area contributed by atoms with E-state index in [0.717, 1.165) is 69.4 Å². The summed E-state index contributed by atoms with van der Waals surface area (Å²) in [5, 5.41) is 0. The number of likely N-dealkylation sites (N-methyl/N-ethyl adjacent to an activating group) is 1. The molecule has 0 amide bonds. The maximum atomic E-state index is 12.2. The van der Waals surface area contributed by atoms with E-state index in [4.69, 9.17) is 9.47 Å². The Morgan fingerprint density at radius 2 is 0.809 bits per heavy atom. The van der Waals surface area contributed by atoms with Crippen LogP contribution >= 0.6 is 0 Å². The van der Waals surface area contributed by atoms with E-state index in [9.17, 15) is 9.59 Å². The Morgan fingerprint density at radius 3 is 1.17 bits per heavy atom. The minimum Gasteiger partial charge on any atom is -0.464 e. The zero-order chi connectivity index (χ0) is 34.1. The number of rotatable bonds is 34. The Bertz CT molecular complexity index is 708. The molecule has 0 atom stereocenters. The van der Waals surface area contributed by atoms with Crippen LogP contribution in [0.3, 0.4) is 0 Å². The number of hydrogen-bond acceptors (Lipinski definition) is 5. The van der Waals surface area contributed by atoms with E-state index in [1.165, 1.54) is 141 Å². The Morgan fingerprint density at radius 1 is 0.489 bits per heavy atom. The van der Waals surface area contributed by atoms with Crippen LogP contribution in [0.25, 0.3) is 0 Å². The standard InChI is InChI=1S/C41H81N2O4/c1-4-6-8-10-12-14-16-18-20-22-24-26-28-30-40(44)46-38-34-42-32-35-43(3,36-33-42)37-39-47-41(45)31-29-27-25-23-21-19-17-15-13-11-9-7-5-2/h4-39H2,1-3H3/q+1. The third-order valence-corrected chi connectivity index (χ3v) is 10.4. The summed E-state index contributed by atoms with van der Waals surface area (Å²) in [6, 6.07) is 0. The predicted octanol–water partition coefficient (Wildman–Crippen LogP) is 10.8. The normalized spacial score (nSPS) is 14.8. The number of hydrogen-bond donors (Lipinski definition) is 0. The SMILES string of the molecule is CCCCCCCCCCCCCCCC(=O)OCCN1CC[N+](C)(CCOC(=O)CCCCCCCCCCCCCCC)CC1. The van der Waals surface area contributed by atoms with E-state index < -0.39 is 0 Å². The van der Waals surface area contributed by atoms with Crippen molar-refractivity contribution in [1.29, 1.82) is 0 Å². The van der Waals surface area contributed by atoms with Gasteiger partial charge >= 0.3 is 11.9 Å². The van der Waals surface area contributed by atoms with Crippen LogP contribution in [-0.2, 0) is 19.1 Å². The zero-order valence-corrected chi connectivity index (χ0v) is 32.0. The average molecular weight is 666 g/mol. The van der Waals surface area contributed by atoms with Gasteiger partial charge in [0.25, 0.3) is 0 Å². The summed E-state index contributed by atoms with van der Waals surface area (Å²) in [5.74, 6) is -0.0646. The highest BCUT2D eigenvalue weighted by Gasteiger charge is 2.28. The molecule has 47 heavy (non-hydrogen) atoms. The number of nitrogens with zero attached hydrogens (tertiary/aromatic N) is 2. The Hall–Kier alpha value is -1.14. The fourth-order valence-electron chi connectivity index (χ4n) is 6.82. The largest absolute Gasteiger partial charge is 0.464 e. The number of ether oxygens (including phenoxy) is 2. The number of unbranched alkanes of at least 4 members (excludes halogenated alkanes) is 24. The second-order valence-corrected chi connectivity index (χ2v) is 15.1. The van der Waals surface area contributed by atoms with Crippen molar-refractivity contribution in [2.45, 2.75) is 194 Å². The maximum Gasteiger partial charge on any atom is 0.305 e. The maximum absolute atomic E-state index is 12.2. The first-order valence-corrected chi connectivity index (χ1v) is 20.9. The average Bonchev–Trinajstić information content (AvgIpc) is 3.06. The lowest BCUT2D eigenvalue weighted by molar-refractivity contribution is -0.913. The molecular weight excluding hydrogens is 584 g/mol. The Labute approximate surface area is 293 Å². The molecule has 1 aliphatic rings. The van der Waals surface area contributed by atoms with Gasteiger partial charge in [-0.2, -0.15) is 0 Å². The summed E-state index contributed by atoms with van der Waals surface area (Å²) in [4.78, 5) is 26.8. The number of quaternary nitrogens is 1. The molecule has 0 saturated carbocycles. The van der Waals surface area contributed by atoms with Crippen molar-refractivity contribution in [3.8, 4) is 0 Å². The van der Waals surface area contributed by atoms with E-state index in [1.54, 1.807) is 0 Å². The number of piperazine rings is 1. The molecular formula is C41H81N2O4+. The van der Waals surface area contributed by atoms with Crippen LogP contribution in [0.2, 0.25) is 0 Å². The summed E-state index contributed by atoms with van der Waals surface area (Å²) in [5.41, 5.74) is 0. The van der Waals surface area contributed by atoms with E-state index >= 15 is 0 Å². The molecule has 1 saturated heterocycles. The fraction of sp³-hybridized carbons (Fsp3) is 0.951. The van der Waals surface area contributed by atoms with Crippen molar-refractivity contribution in [1.82, 2.24) is 4.90 Å². The molecule has 6 nitrogen and oxygen atoms in total. The monoisotopic (exact) mass is 666 g/mol. The molecule has 0 bridgehead atoms. The van der Waals surface area contributed by atoms with E-state index in [0.29, 0.717) is 26.1 Å². The van der Waals surface area contributed by atoms with Crippen molar-refractivity contribution >= 4 is 11.9 Å². The van der Waals surface area contributed by atoms with Gasteiger partial charge in [-0.25, -0.2) is 0 Å². The Kier molecular flexibility index (Phi) is 30.0. The molecule has 0 aromatic heterocycles. The van der Waals surface area contributed by atoms with E-state index in [2.05, 4.69) is 25.8 Å². The topological polar surface area (TPSA) is 55.8 Å². The van der Waals surface area contributed by atoms with Gasteiger partial charge in [0.1, 0.15) is 19.8 Å². The summed E-state index contributed by atoms with van der Waals surface area (Å²) in [6.07, 6.45) is 35.4. The summed E-state index contributed by atoms with van der Waals surface area (Å²) < 4.78 is 12.1. The third-order valence-electron chi connectivity index (χ3n) is 10.4. The minimum absolute atomic E-state index is 0.0288. The summed E-state index contributed by atoms with van der Waals surface area (Å²) >= 11 is 0. The van der Waals surface area contributed by atoms with Crippen LogP contribution in [0.15, 0.2) is 0 Å². The van der Waals surface area contributed by atoms with Crippen molar-refractivity contribution in [2.75, 3.05) is 59.5 Å². The lowest BCUT2D eigenvalue weighted by Gasteiger charge is -2.41. The van der Waals surface area contributed by atoms with Gasteiger partial charge in [0.15, 0.2) is 0 Å². The first-order chi connectivity index (χ1) is 23.0. The van der Waals surface area contributed by atoms with E-state index in [-0.39, 0.29) is 11.9 Å². The minimum atomic E-state index is -0.0358. The molecule has 0 spiro atoms. The van der Waals surface area contributed by atoms with Gasteiger partial charge in [-0.15, -0.1) is 0 Å². The molecule has 1 fully saturated rings. The molecule has 0 aromatic rings. The summed E-state index contributed by atoms with van der Waals surface area (Å²) in [6.45, 7) is 11.4. The highest BCUT2D eigenvalue weighted by atomic mass is 16.5. The molecule has 1 aliphatic heterocycles. The van der Waals surface area contributed by atoms with Gasteiger partial charge in [-0.3, -0.25) is 14.5 Å². The van der Waals surface area contributed by atoms with Crippen molar-refractivity contribution in [3.05, 3.63) is 0 Å². The fourth-order valence-corrected chi connectivity index (χ4v) is 6.82. The summed E-state index contributed by atoms with van der Waals surface area (Å²) in [7, 11) is 2.27. The molecule has 0 aromatic carbocycles. The third kappa shape index (κ3) is 28.4. The van der Waals surface area contributed by atoms with Gasteiger partial charge in [0.05, 0.1) is 20.1 Å². The molecule has 1 rings (SSSR count). The second kappa shape index (κ2) is 32.1. The van der Waals surface area contributed by atoms with Crippen molar-refractivity contribution < 1.29 is 23.5 Å². The zero-order valence-electron chi connectivity index (χ0n) is 32.0. The lowest BCUT2D eigenvalue weighted by Crippen LogP contribution is -2.58. The van der Waals surface area contributed by atoms with Crippen LogP contribution < -0.4 is 0 Å². The number of esters is 2. The van der Waals surface area contributed by atoms with Gasteiger partial charge in [-0.1, -0.05) is 168 Å². The first kappa shape index (κ1) is 43.9. The van der Waals surface area contributed by atoms with Crippen LogP contribution in [0.1, 0.15) is 194 Å². The Balaban J connectivity index is 1.89. The smallest absolute Gasteiger partial charge is 0.305 e. The van der Waals surface area contributed by atoms with Crippen LogP contribution in [0, 0.1) is 0 Å². The quantitative estimate of drug-likeness (QED) is 0.0389. The molecule has 0 unspecified atom stereocenters. The van der Waals surface area contributed by atoms with Crippen molar-refractivity contribution in [2.24, 2.45) is 0 Å². The number of carbonyl (C=O) groups excluding carboxylic acids is 2. The molecule has 1 heterocycles. The molecule has 6 heteroatoms. The van der Waals surface area contributed by atoms with Gasteiger partial charge in [0.2, 0.25) is 0 Å². The van der Waals surface area contributed by atoms with Crippen LogP contribution in [0.5, 0.6) is 0 Å². The van der Waals surface area contributed by atoms with Crippen LogP contribution in [-0.4, -0.2) is 80.9 Å². The highest BCUT2D eigenvalue weighted by Crippen LogP contribution is 2.15. The number of carbonyl (C=O) groups is 2. The van der Waals surface area contributed by atoms with Crippen molar-refractivity contribution in [3.63, 3.8) is 0 Å². The molecule has 0 radical (unpaired) electrons. The van der Waals surface area contributed by atoms with Gasteiger partial charge < -0.3 is 14.0 Å². The molecule has 0 aliphatic carbocycles. The second-order valence-electron chi connectivity index (χ2n) is 15.1. The first-order valence-electron chi connectivity index (χ1n) is 20.9. The lowest BCUT2D eigenvalue weighted by atomic mass is 10.0. The van der Waals surface area contributed by atoms with Gasteiger partial charge in [-0.05, 0) is 12.8 Å². The molecule has 278 valence electrons. The van der Waals surface area contributed by atoms with Crippen LogP contribution in [0.4, 0.5) is 0 Å². The highest BCUT2D eigenvalue weighted by molar-refractivity contribution is 5.69. The van der Waals surface area contributed by atoms with Gasteiger partial charge in [0, 0.05) is 32.5 Å². The molecule has 0 N–H and O–H groups in total. The predicted molar refractivity (Wildman–Crippen MR) is 200 cm³/mol. The van der Waals surface area contributed by atoms with E-state index in [1.807, 2.05) is 0 Å².